The fourth-order valence-corrected chi connectivity index (χ4v) is 3.68. The van der Waals surface area contributed by atoms with Crippen molar-refractivity contribution < 1.29 is 0 Å². The number of hydrogen-bond donors (Lipinski definition) is 2. The van der Waals surface area contributed by atoms with Gasteiger partial charge in [-0.05, 0) is 31.5 Å². The number of aromatic nitrogens is 1. The minimum absolute atomic E-state index is 0.0815. The van der Waals surface area contributed by atoms with Crippen LogP contribution >= 0.6 is 11.3 Å². The van der Waals surface area contributed by atoms with Crippen molar-refractivity contribution in [3.8, 4) is 0 Å². The Morgan fingerprint density at radius 2 is 1.95 bits per heavy atom. The van der Waals surface area contributed by atoms with Gasteiger partial charge < -0.3 is 10.6 Å². The highest BCUT2D eigenvalue weighted by molar-refractivity contribution is 7.13. The molecule has 0 spiro atoms. The van der Waals surface area contributed by atoms with E-state index in [0.717, 1.165) is 31.1 Å². The fourth-order valence-electron chi connectivity index (χ4n) is 2.91. The van der Waals surface area contributed by atoms with Crippen molar-refractivity contribution in [2.24, 2.45) is 0 Å². The molecule has 0 amide bonds. The van der Waals surface area contributed by atoms with E-state index in [1.54, 1.807) is 11.3 Å². The maximum absolute atomic E-state index is 4.78. The van der Waals surface area contributed by atoms with E-state index >= 15 is 0 Å². The van der Waals surface area contributed by atoms with E-state index in [1.165, 1.54) is 11.3 Å². The highest BCUT2D eigenvalue weighted by Crippen LogP contribution is 2.40. The molecule has 2 N–H and O–H groups in total. The molecule has 1 aliphatic heterocycles. The van der Waals surface area contributed by atoms with Gasteiger partial charge in [-0.25, -0.2) is 4.98 Å². The number of nitrogens with one attached hydrogen (secondary N) is 2. The molecule has 0 unspecified atom stereocenters. The minimum atomic E-state index is 0.0815. The summed E-state index contributed by atoms with van der Waals surface area (Å²) < 4.78 is 0. The van der Waals surface area contributed by atoms with Gasteiger partial charge in [0.15, 0.2) is 5.13 Å². The SMILES string of the molecule is CNc1nc(C2(c3ccccc3)CCNCC2)cs1. The molecule has 0 bridgehead atoms. The summed E-state index contributed by atoms with van der Waals surface area (Å²) in [6.45, 7) is 2.11. The molecule has 3 nitrogen and oxygen atoms in total. The van der Waals surface area contributed by atoms with E-state index in [9.17, 15) is 0 Å². The topological polar surface area (TPSA) is 37.0 Å². The first-order valence-corrected chi connectivity index (χ1v) is 7.63. The van der Waals surface area contributed by atoms with Crippen LogP contribution in [-0.4, -0.2) is 25.1 Å². The second kappa shape index (κ2) is 5.31. The number of anilines is 1. The van der Waals surface area contributed by atoms with Gasteiger partial charge >= 0.3 is 0 Å². The standard InChI is InChI=1S/C15H19N3S/c1-16-14-18-13(11-19-14)15(7-9-17-10-8-15)12-5-3-2-4-6-12/h2-6,11,17H,7-10H2,1H3,(H,16,18). The molecule has 0 aliphatic carbocycles. The molecule has 100 valence electrons. The van der Waals surface area contributed by atoms with Crippen molar-refractivity contribution in [3.05, 3.63) is 47.0 Å². The average molecular weight is 273 g/mol. The van der Waals surface area contributed by atoms with Crippen LogP contribution in [0.25, 0.3) is 0 Å². The summed E-state index contributed by atoms with van der Waals surface area (Å²) in [4.78, 5) is 4.78. The van der Waals surface area contributed by atoms with E-state index in [1.807, 2.05) is 7.05 Å². The van der Waals surface area contributed by atoms with E-state index in [-0.39, 0.29) is 5.41 Å². The average Bonchev–Trinajstić information content (AvgIpc) is 2.98. The van der Waals surface area contributed by atoms with Gasteiger partial charge in [-0.15, -0.1) is 11.3 Å². The van der Waals surface area contributed by atoms with Gasteiger partial charge in [0, 0.05) is 17.8 Å². The third-order valence-corrected chi connectivity index (χ3v) is 4.85. The highest BCUT2D eigenvalue weighted by Gasteiger charge is 2.37. The molecule has 1 aromatic heterocycles. The Hall–Kier alpha value is -1.39. The van der Waals surface area contributed by atoms with Crippen molar-refractivity contribution in [3.63, 3.8) is 0 Å². The van der Waals surface area contributed by atoms with Crippen LogP contribution in [-0.2, 0) is 5.41 Å². The van der Waals surface area contributed by atoms with Gasteiger partial charge in [0.05, 0.1) is 5.69 Å². The Kier molecular flexibility index (Phi) is 3.53. The Labute approximate surface area is 118 Å². The molecule has 1 aromatic carbocycles. The molecule has 2 heterocycles. The summed E-state index contributed by atoms with van der Waals surface area (Å²) in [5.74, 6) is 0. The van der Waals surface area contributed by atoms with Gasteiger partial charge in [0.1, 0.15) is 0 Å². The van der Waals surface area contributed by atoms with E-state index in [4.69, 9.17) is 4.98 Å². The summed E-state index contributed by atoms with van der Waals surface area (Å²) >= 11 is 1.69. The van der Waals surface area contributed by atoms with Gasteiger partial charge in [0.2, 0.25) is 0 Å². The number of nitrogens with zero attached hydrogens (tertiary/aromatic N) is 1. The van der Waals surface area contributed by atoms with Crippen molar-refractivity contribution in [2.75, 3.05) is 25.5 Å². The molecule has 1 saturated heterocycles. The minimum Gasteiger partial charge on any atom is -0.365 e. The number of hydrogen-bond acceptors (Lipinski definition) is 4. The Morgan fingerprint density at radius 1 is 1.21 bits per heavy atom. The quantitative estimate of drug-likeness (QED) is 0.903. The molecule has 2 aromatic rings. The molecule has 0 atom stereocenters. The predicted molar refractivity (Wildman–Crippen MR) is 81.0 cm³/mol. The second-order valence-corrected chi connectivity index (χ2v) is 5.84. The van der Waals surface area contributed by atoms with E-state index < -0.39 is 0 Å². The second-order valence-electron chi connectivity index (χ2n) is 4.99. The van der Waals surface area contributed by atoms with Gasteiger partial charge in [-0.2, -0.15) is 0 Å². The largest absolute Gasteiger partial charge is 0.365 e. The normalized spacial score (nSPS) is 18.2. The Morgan fingerprint density at radius 3 is 2.58 bits per heavy atom. The lowest BCUT2D eigenvalue weighted by atomic mass is 9.71. The summed E-state index contributed by atoms with van der Waals surface area (Å²) in [5.41, 5.74) is 2.69. The van der Waals surface area contributed by atoms with Crippen LogP contribution in [0, 0.1) is 0 Å². The van der Waals surface area contributed by atoms with E-state index in [0.29, 0.717) is 0 Å². The molecular formula is C15H19N3S. The summed E-state index contributed by atoms with van der Waals surface area (Å²) in [7, 11) is 1.93. The first-order chi connectivity index (χ1) is 9.35. The third-order valence-electron chi connectivity index (χ3n) is 3.99. The van der Waals surface area contributed by atoms with Gasteiger partial charge in [-0.3, -0.25) is 0 Å². The lowest BCUT2D eigenvalue weighted by Crippen LogP contribution is -2.41. The third kappa shape index (κ3) is 2.26. The number of piperidine rings is 1. The first kappa shape index (κ1) is 12.6. The maximum Gasteiger partial charge on any atom is 0.182 e. The first-order valence-electron chi connectivity index (χ1n) is 6.75. The van der Waals surface area contributed by atoms with Crippen molar-refractivity contribution >= 4 is 16.5 Å². The lowest BCUT2D eigenvalue weighted by Gasteiger charge is -2.37. The van der Waals surface area contributed by atoms with Crippen LogP contribution < -0.4 is 10.6 Å². The maximum atomic E-state index is 4.78. The fraction of sp³-hybridized carbons (Fsp3) is 0.400. The lowest BCUT2D eigenvalue weighted by molar-refractivity contribution is 0.356. The molecule has 0 saturated carbocycles. The van der Waals surface area contributed by atoms with Crippen LogP contribution in [0.4, 0.5) is 5.13 Å². The Balaban J connectivity index is 2.06. The number of rotatable bonds is 3. The van der Waals surface area contributed by atoms with Crippen LogP contribution in [0.3, 0.4) is 0 Å². The number of benzene rings is 1. The molecule has 1 fully saturated rings. The predicted octanol–water partition coefficient (Wildman–Crippen LogP) is 2.85. The van der Waals surface area contributed by atoms with Crippen molar-refractivity contribution in [1.82, 2.24) is 10.3 Å². The summed E-state index contributed by atoms with van der Waals surface area (Å²) in [5, 5.41) is 9.82. The smallest absolute Gasteiger partial charge is 0.182 e. The molecule has 19 heavy (non-hydrogen) atoms. The highest BCUT2D eigenvalue weighted by atomic mass is 32.1. The van der Waals surface area contributed by atoms with Crippen molar-refractivity contribution in [2.45, 2.75) is 18.3 Å². The summed E-state index contributed by atoms with van der Waals surface area (Å²) in [6, 6.07) is 10.8. The zero-order valence-corrected chi connectivity index (χ0v) is 12.0. The Bertz CT molecular complexity index is 529. The van der Waals surface area contributed by atoms with E-state index in [2.05, 4.69) is 46.3 Å². The zero-order valence-electron chi connectivity index (χ0n) is 11.1. The molecule has 1 aliphatic rings. The molecule has 3 rings (SSSR count). The van der Waals surface area contributed by atoms with Gasteiger partial charge in [-0.1, -0.05) is 30.3 Å². The molecule has 0 radical (unpaired) electrons. The van der Waals surface area contributed by atoms with Gasteiger partial charge in [0.25, 0.3) is 0 Å². The number of thiazole rings is 1. The molecule has 4 heteroatoms. The zero-order chi connectivity index (χ0) is 13.1. The summed E-state index contributed by atoms with van der Waals surface area (Å²) in [6.07, 6.45) is 2.23. The van der Waals surface area contributed by atoms with Crippen LogP contribution in [0.1, 0.15) is 24.1 Å². The molecular weight excluding hydrogens is 254 g/mol. The van der Waals surface area contributed by atoms with Crippen LogP contribution in [0.15, 0.2) is 35.7 Å². The monoisotopic (exact) mass is 273 g/mol. The van der Waals surface area contributed by atoms with Crippen molar-refractivity contribution in [1.29, 1.82) is 0 Å². The van der Waals surface area contributed by atoms with Crippen LogP contribution in [0.2, 0.25) is 0 Å². The van der Waals surface area contributed by atoms with Crippen LogP contribution in [0.5, 0.6) is 0 Å².